The molecule has 0 amide bonds. The van der Waals surface area contributed by atoms with Gasteiger partial charge in [0.1, 0.15) is 0 Å². The van der Waals surface area contributed by atoms with Crippen LogP contribution in [-0.4, -0.2) is 25.8 Å². The zero-order valence-electron chi connectivity index (χ0n) is 10.8. The van der Waals surface area contributed by atoms with Gasteiger partial charge in [-0.05, 0) is 42.5 Å². The highest BCUT2D eigenvalue weighted by molar-refractivity contribution is 7.89. The van der Waals surface area contributed by atoms with E-state index >= 15 is 0 Å². The van der Waals surface area contributed by atoms with E-state index in [1.54, 1.807) is 22.5 Å². The molecule has 3 nitrogen and oxygen atoms in total. The number of nitrogens with zero attached hydrogens (tertiary/aromatic N) is 1. The van der Waals surface area contributed by atoms with Crippen molar-refractivity contribution in [3.63, 3.8) is 0 Å². The summed E-state index contributed by atoms with van der Waals surface area (Å²) >= 11 is 11.7. The Labute approximate surface area is 124 Å². The van der Waals surface area contributed by atoms with E-state index in [0.29, 0.717) is 29.6 Å². The van der Waals surface area contributed by atoms with Gasteiger partial charge in [-0.2, -0.15) is 4.31 Å². The van der Waals surface area contributed by atoms with Crippen LogP contribution in [0.1, 0.15) is 25.3 Å². The number of sulfonamides is 1. The Morgan fingerprint density at radius 2 is 1.95 bits per heavy atom. The first-order valence-corrected chi connectivity index (χ1v) is 8.65. The van der Waals surface area contributed by atoms with Crippen molar-refractivity contribution in [1.82, 2.24) is 4.31 Å². The van der Waals surface area contributed by atoms with Gasteiger partial charge in [0, 0.05) is 24.0 Å². The summed E-state index contributed by atoms with van der Waals surface area (Å²) < 4.78 is 26.6. The van der Waals surface area contributed by atoms with E-state index in [2.05, 4.69) is 6.92 Å². The Morgan fingerprint density at radius 1 is 1.32 bits per heavy atom. The normalized spacial score (nSPS) is 18.7. The summed E-state index contributed by atoms with van der Waals surface area (Å²) in [7, 11) is -3.42. The first-order valence-electron chi connectivity index (χ1n) is 6.29. The number of hydrogen-bond acceptors (Lipinski definition) is 2. The molecule has 0 spiro atoms. The highest BCUT2D eigenvalue weighted by atomic mass is 35.5. The summed E-state index contributed by atoms with van der Waals surface area (Å²) in [5.41, 5.74) is 0.648. The summed E-state index contributed by atoms with van der Waals surface area (Å²) in [5.74, 6) is 0.800. The predicted molar refractivity (Wildman–Crippen MR) is 78.2 cm³/mol. The largest absolute Gasteiger partial charge is 0.243 e. The summed E-state index contributed by atoms with van der Waals surface area (Å²) in [6.45, 7) is 3.32. The monoisotopic (exact) mass is 321 g/mol. The fraction of sp³-hybridized carbons (Fsp3) is 0.538. The van der Waals surface area contributed by atoms with E-state index in [9.17, 15) is 8.42 Å². The Hall–Kier alpha value is -0.290. The minimum atomic E-state index is -3.42. The van der Waals surface area contributed by atoms with Crippen molar-refractivity contribution in [3.05, 3.63) is 28.8 Å². The van der Waals surface area contributed by atoms with Crippen molar-refractivity contribution in [3.8, 4) is 0 Å². The fourth-order valence-electron chi connectivity index (χ4n) is 2.19. The van der Waals surface area contributed by atoms with Gasteiger partial charge in [-0.1, -0.05) is 18.5 Å². The second-order valence-electron chi connectivity index (χ2n) is 4.97. The molecule has 0 radical (unpaired) electrons. The molecule has 1 aliphatic rings. The molecule has 19 heavy (non-hydrogen) atoms. The first-order chi connectivity index (χ1) is 8.95. The van der Waals surface area contributed by atoms with Crippen LogP contribution in [-0.2, 0) is 15.9 Å². The molecule has 1 saturated heterocycles. The quantitative estimate of drug-likeness (QED) is 0.799. The highest BCUT2D eigenvalue weighted by Crippen LogP contribution is 2.27. The maximum Gasteiger partial charge on any atom is 0.243 e. The molecule has 6 heteroatoms. The van der Waals surface area contributed by atoms with E-state index in [-0.39, 0.29) is 10.8 Å². The van der Waals surface area contributed by atoms with Crippen LogP contribution >= 0.6 is 23.2 Å². The molecule has 0 aromatic heterocycles. The van der Waals surface area contributed by atoms with E-state index in [0.717, 1.165) is 12.8 Å². The summed E-state index contributed by atoms with van der Waals surface area (Å²) in [4.78, 5) is 0.280. The van der Waals surface area contributed by atoms with Gasteiger partial charge in [0.15, 0.2) is 0 Å². The third-order valence-electron chi connectivity index (χ3n) is 3.54. The van der Waals surface area contributed by atoms with Crippen LogP contribution in [0, 0.1) is 5.92 Å². The molecule has 1 heterocycles. The fourth-order valence-corrected chi connectivity index (χ4v) is 4.18. The predicted octanol–water partition coefficient (Wildman–Crippen LogP) is 3.50. The lowest BCUT2D eigenvalue weighted by molar-refractivity contribution is 0.288. The van der Waals surface area contributed by atoms with Crippen molar-refractivity contribution >= 4 is 33.2 Å². The molecule has 1 aliphatic heterocycles. The van der Waals surface area contributed by atoms with Gasteiger partial charge in [-0.25, -0.2) is 8.42 Å². The highest BCUT2D eigenvalue weighted by Gasteiger charge is 2.28. The third-order valence-corrected chi connectivity index (χ3v) is 6.09. The van der Waals surface area contributed by atoms with E-state index in [1.165, 1.54) is 0 Å². The topological polar surface area (TPSA) is 37.4 Å². The lowest BCUT2D eigenvalue weighted by atomic mass is 10.0. The standard InChI is InChI=1S/C13H17Cl2NO2S/c1-10-4-6-16(7-5-10)19(17,18)12-2-3-13(15)11(8-12)9-14/h2-3,8,10H,4-7,9H2,1H3. The second-order valence-corrected chi connectivity index (χ2v) is 7.59. The Kier molecular flexibility index (Phi) is 4.77. The number of piperidine rings is 1. The van der Waals surface area contributed by atoms with Crippen molar-refractivity contribution in [2.75, 3.05) is 13.1 Å². The molecule has 0 saturated carbocycles. The molecule has 2 rings (SSSR count). The van der Waals surface area contributed by atoms with E-state index in [4.69, 9.17) is 23.2 Å². The number of alkyl halides is 1. The lowest BCUT2D eigenvalue weighted by Crippen LogP contribution is -2.37. The SMILES string of the molecule is CC1CCN(S(=O)(=O)c2ccc(Cl)c(CCl)c2)CC1. The van der Waals surface area contributed by atoms with Crippen molar-refractivity contribution in [2.45, 2.75) is 30.5 Å². The van der Waals surface area contributed by atoms with Gasteiger partial charge < -0.3 is 0 Å². The molecule has 0 unspecified atom stereocenters. The van der Waals surface area contributed by atoms with Crippen LogP contribution in [0.25, 0.3) is 0 Å². The molecular formula is C13H17Cl2NO2S. The van der Waals surface area contributed by atoms with E-state index < -0.39 is 10.0 Å². The van der Waals surface area contributed by atoms with Crippen LogP contribution in [0.4, 0.5) is 0 Å². The number of benzene rings is 1. The van der Waals surface area contributed by atoms with Gasteiger partial charge in [-0.15, -0.1) is 11.6 Å². The van der Waals surface area contributed by atoms with Crippen LogP contribution in [0.3, 0.4) is 0 Å². The molecule has 0 bridgehead atoms. The number of rotatable bonds is 3. The Balaban J connectivity index is 2.29. The Bertz CT molecular complexity index is 552. The van der Waals surface area contributed by atoms with Crippen LogP contribution in [0.5, 0.6) is 0 Å². The maximum atomic E-state index is 12.5. The van der Waals surface area contributed by atoms with Gasteiger partial charge in [0.05, 0.1) is 4.90 Å². The summed E-state index contributed by atoms with van der Waals surface area (Å²) in [5, 5.41) is 0.501. The molecule has 0 aliphatic carbocycles. The number of halogens is 2. The molecule has 1 fully saturated rings. The number of hydrogen-bond donors (Lipinski definition) is 0. The van der Waals surface area contributed by atoms with E-state index in [1.807, 2.05) is 0 Å². The summed E-state index contributed by atoms with van der Waals surface area (Å²) in [6, 6.07) is 4.72. The smallest absolute Gasteiger partial charge is 0.207 e. The van der Waals surface area contributed by atoms with Gasteiger partial charge >= 0.3 is 0 Å². The average molecular weight is 322 g/mol. The van der Waals surface area contributed by atoms with Crippen molar-refractivity contribution in [1.29, 1.82) is 0 Å². The zero-order valence-corrected chi connectivity index (χ0v) is 13.1. The van der Waals surface area contributed by atoms with Gasteiger partial charge in [0.25, 0.3) is 0 Å². The molecule has 1 aromatic carbocycles. The van der Waals surface area contributed by atoms with Gasteiger partial charge in [-0.3, -0.25) is 0 Å². The molecular weight excluding hydrogens is 305 g/mol. The van der Waals surface area contributed by atoms with Crippen LogP contribution < -0.4 is 0 Å². The maximum absolute atomic E-state index is 12.5. The zero-order chi connectivity index (χ0) is 14.0. The first kappa shape index (κ1) is 15.1. The third kappa shape index (κ3) is 3.24. The molecule has 106 valence electrons. The lowest BCUT2D eigenvalue weighted by Gasteiger charge is -2.29. The minimum absolute atomic E-state index is 0.208. The summed E-state index contributed by atoms with van der Waals surface area (Å²) in [6.07, 6.45) is 1.82. The minimum Gasteiger partial charge on any atom is -0.207 e. The van der Waals surface area contributed by atoms with Crippen molar-refractivity contribution in [2.24, 2.45) is 5.92 Å². The average Bonchev–Trinajstić information content (AvgIpc) is 2.39. The van der Waals surface area contributed by atoms with Crippen LogP contribution in [0.15, 0.2) is 23.1 Å². The van der Waals surface area contributed by atoms with Crippen molar-refractivity contribution < 1.29 is 8.42 Å². The molecule has 0 N–H and O–H groups in total. The molecule has 0 atom stereocenters. The molecule has 1 aromatic rings. The second kappa shape index (κ2) is 6.00. The van der Waals surface area contributed by atoms with Crippen LogP contribution in [0.2, 0.25) is 5.02 Å². The Morgan fingerprint density at radius 3 is 2.53 bits per heavy atom. The van der Waals surface area contributed by atoms with Gasteiger partial charge in [0.2, 0.25) is 10.0 Å².